The molecule has 0 aliphatic carbocycles. The molecule has 2 aliphatic heterocycles. The van der Waals surface area contributed by atoms with Gasteiger partial charge in [-0.1, -0.05) is 17.7 Å². The standard InChI is InChI=1S/C7H14N2.C7H8O3S/c1-9-3-2-6-4-8-7(6)5-9;1-6-2-4-7(5-3-6)11(8,9)10/h6-8H,2-5H2,1H3;2-5H,1H3,(H,8,9,10)/t6-,7-;/m1./s1. The van der Waals surface area contributed by atoms with Gasteiger partial charge >= 0.3 is 0 Å². The first-order chi connectivity index (χ1) is 9.36. The molecule has 2 fully saturated rings. The number of rotatable bonds is 1. The van der Waals surface area contributed by atoms with Gasteiger partial charge in [-0.2, -0.15) is 8.42 Å². The molecule has 1 aromatic carbocycles. The van der Waals surface area contributed by atoms with E-state index in [0.29, 0.717) is 0 Å². The number of hydrogen-bond donors (Lipinski definition) is 2. The molecule has 2 atom stereocenters. The van der Waals surface area contributed by atoms with Gasteiger partial charge in [-0.05, 0) is 51.5 Å². The van der Waals surface area contributed by atoms with Gasteiger partial charge in [0.05, 0.1) is 4.90 Å². The summed E-state index contributed by atoms with van der Waals surface area (Å²) in [6, 6.07) is 6.82. The van der Waals surface area contributed by atoms with Crippen molar-refractivity contribution in [1.82, 2.24) is 10.2 Å². The van der Waals surface area contributed by atoms with Gasteiger partial charge in [0.1, 0.15) is 0 Å². The average molecular weight is 298 g/mol. The van der Waals surface area contributed by atoms with Gasteiger partial charge in [0.15, 0.2) is 0 Å². The Morgan fingerprint density at radius 1 is 1.30 bits per heavy atom. The Morgan fingerprint density at radius 2 is 1.95 bits per heavy atom. The Bertz CT molecular complexity index is 542. The third-order valence-corrected chi connectivity index (χ3v) is 4.79. The van der Waals surface area contributed by atoms with E-state index in [1.54, 1.807) is 12.1 Å². The number of nitrogens with zero attached hydrogens (tertiary/aromatic N) is 1. The summed E-state index contributed by atoms with van der Waals surface area (Å²) in [5.74, 6) is 1.01. The zero-order chi connectivity index (χ0) is 14.8. The molecule has 0 aromatic heterocycles. The fourth-order valence-corrected chi connectivity index (χ4v) is 2.97. The number of piperidine rings is 1. The van der Waals surface area contributed by atoms with E-state index >= 15 is 0 Å². The van der Waals surface area contributed by atoms with Crippen molar-refractivity contribution in [3.8, 4) is 0 Å². The van der Waals surface area contributed by atoms with E-state index in [4.69, 9.17) is 4.55 Å². The van der Waals surface area contributed by atoms with Gasteiger partial charge < -0.3 is 10.2 Å². The highest BCUT2D eigenvalue weighted by atomic mass is 32.2. The molecule has 0 radical (unpaired) electrons. The van der Waals surface area contributed by atoms with Crippen molar-refractivity contribution in [2.24, 2.45) is 5.92 Å². The molecule has 0 amide bonds. The predicted octanol–water partition coefficient (Wildman–Crippen LogP) is 1.15. The third kappa shape index (κ3) is 4.02. The van der Waals surface area contributed by atoms with Gasteiger partial charge in [-0.3, -0.25) is 4.55 Å². The minimum absolute atomic E-state index is 0.0666. The lowest BCUT2D eigenvalue weighted by molar-refractivity contribution is 0.103. The molecule has 2 heterocycles. The Balaban J connectivity index is 0.000000149. The zero-order valence-corrected chi connectivity index (χ0v) is 12.7. The van der Waals surface area contributed by atoms with Crippen molar-refractivity contribution in [2.75, 3.05) is 26.7 Å². The van der Waals surface area contributed by atoms with E-state index in [-0.39, 0.29) is 4.90 Å². The van der Waals surface area contributed by atoms with Crippen LogP contribution in [0.2, 0.25) is 0 Å². The minimum Gasteiger partial charge on any atom is -0.312 e. The summed E-state index contributed by atoms with van der Waals surface area (Å²) in [4.78, 5) is 2.34. The van der Waals surface area contributed by atoms with Crippen molar-refractivity contribution < 1.29 is 13.0 Å². The molecule has 0 bridgehead atoms. The molecule has 0 spiro atoms. The molecule has 2 aliphatic rings. The first-order valence-corrected chi connectivity index (χ1v) is 8.26. The zero-order valence-electron chi connectivity index (χ0n) is 11.9. The Hall–Kier alpha value is -0.950. The number of fused-ring (bicyclic) bond motifs is 1. The minimum atomic E-state index is -4.02. The second-order valence-electron chi connectivity index (χ2n) is 5.61. The predicted molar refractivity (Wildman–Crippen MR) is 78.4 cm³/mol. The third-order valence-electron chi connectivity index (χ3n) is 3.92. The fraction of sp³-hybridized carbons (Fsp3) is 0.571. The summed E-state index contributed by atoms with van der Waals surface area (Å²) in [6.45, 7) is 5.69. The molecule has 2 saturated heterocycles. The van der Waals surface area contributed by atoms with Gasteiger partial charge in [0, 0.05) is 12.6 Å². The summed E-state index contributed by atoms with van der Waals surface area (Å²) in [5.41, 5.74) is 0.956. The summed E-state index contributed by atoms with van der Waals surface area (Å²) in [7, 11) is -1.81. The molecule has 0 saturated carbocycles. The van der Waals surface area contributed by atoms with Crippen molar-refractivity contribution in [3.63, 3.8) is 0 Å². The highest BCUT2D eigenvalue weighted by molar-refractivity contribution is 7.85. The summed E-state index contributed by atoms with van der Waals surface area (Å²) in [5, 5.41) is 3.44. The van der Waals surface area contributed by atoms with Gasteiger partial charge in [0.25, 0.3) is 10.1 Å². The second kappa shape index (κ2) is 6.22. The largest absolute Gasteiger partial charge is 0.312 e. The van der Waals surface area contributed by atoms with Crippen LogP contribution in [0, 0.1) is 12.8 Å². The molecule has 6 heteroatoms. The summed E-state index contributed by atoms with van der Waals surface area (Å²) in [6.07, 6.45) is 1.41. The SMILES string of the molecule is CN1CC[C@@H]2CN[C@@H]2C1.Cc1ccc(S(=O)(=O)O)cc1. The topological polar surface area (TPSA) is 69.6 Å². The van der Waals surface area contributed by atoms with Crippen LogP contribution in [0.3, 0.4) is 0 Å². The van der Waals surface area contributed by atoms with Crippen LogP contribution in [0.5, 0.6) is 0 Å². The number of aryl methyl sites for hydroxylation is 1. The van der Waals surface area contributed by atoms with E-state index in [1.165, 1.54) is 38.2 Å². The van der Waals surface area contributed by atoms with Crippen molar-refractivity contribution in [3.05, 3.63) is 29.8 Å². The Kier molecular flexibility index (Phi) is 4.80. The molecule has 3 rings (SSSR count). The lowest BCUT2D eigenvalue weighted by Gasteiger charge is -2.45. The second-order valence-corrected chi connectivity index (χ2v) is 7.04. The van der Waals surface area contributed by atoms with Crippen molar-refractivity contribution in [2.45, 2.75) is 24.3 Å². The molecule has 1 aromatic rings. The smallest absolute Gasteiger partial charge is 0.294 e. The highest BCUT2D eigenvalue weighted by Crippen LogP contribution is 2.22. The van der Waals surface area contributed by atoms with E-state index in [1.807, 2.05) is 6.92 Å². The lowest BCUT2D eigenvalue weighted by atomic mass is 9.85. The van der Waals surface area contributed by atoms with Gasteiger partial charge in [-0.15, -0.1) is 0 Å². The van der Waals surface area contributed by atoms with E-state index in [2.05, 4.69) is 17.3 Å². The number of nitrogens with one attached hydrogen (secondary N) is 1. The van der Waals surface area contributed by atoms with E-state index in [9.17, 15) is 8.42 Å². The maximum Gasteiger partial charge on any atom is 0.294 e. The van der Waals surface area contributed by atoms with E-state index in [0.717, 1.165) is 17.5 Å². The summed E-state index contributed by atoms with van der Waals surface area (Å²) >= 11 is 0. The Morgan fingerprint density at radius 3 is 2.35 bits per heavy atom. The number of benzene rings is 1. The highest BCUT2D eigenvalue weighted by Gasteiger charge is 2.33. The first kappa shape index (κ1) is 15.4. The number of likely N-dealkylation sites (N-methyl/N-ethyl adjacent to an activating group) is 1. The molecule has 5 nitrogen and oxygen atoms in total. The molecular weight excluding hydrogens is 276 g/mol. The molecular formula is C14H22N2O3S. The molecule has 20 heavy (non-hydrogen) atoms. The lowest BCUT2D eigenvalue weighted by Crippen LogP contribution is -2.61. The molecule has 0 unspecified atom stereocenters. The van der Waals surface area contributed by atoms with Crippen molar-refractivity contribution >= 4 is 10.1 Å². The van der Waals surface area contributed by atoms with Gasteiger partial charge in [0.2, 0.25) is 0 Å². The maximum absolute atomic E-state index is 10.5. The van der Waals surface area contributed by atoms with Crippen molar-refractivity contribution in [1.29, 1.82) is 0 Å². The van der Waals surface area contributed by atoms with Crippen LogP contribution in [0.4, 0.5) is 0 Å². The average Bonchev–Trinajstić information content (AvgIpc) is 2.34. The van der Waals surface area contributed by atoms with Crippen LogP contribution in [0.1, 0.15) is 12.0 Å². The molecule has 112 valence electrons. The Labute approximate surface area is 120 Å². The monoisotopic (exact) mass is 298 g/mol. The maximum atomic E-state index is 10.5. The van der Waals surface area contributed by atoms with Crippen LogP contribution < -0.4 is 5.32 Å². The number of likely N-dealkylation sites (tertiary alicyclic amines) is 1. The van der Waals surface area contributed by atoms with Crippen LogP contribution in [-0.2, 0) is 10.1 Å². The molecule has 2 N–H and O–H groups in total. The normalized spacial score (nSPS) is 25.9. The summed E-state index contributed by atoms with van der Waals surface area (Å²) < 4.78 is 29.6. The first-order valence-electron chi connectivity index (χ1n) is 6.82. The fourth-order valence-electron chi connectivity index (χ4n) is 2.49. The van der Waals surface area contributed by atoms with Crippen LogP contribution in [-0.4, -0.2) is 50.6 Å². The van der Waals surface area contributed by atoms with E-state index < -0.39 is 10.1 Å². The number of hydrogen-bond acceptors (Lipinski definition) is 4. The van der Waals surface area contributed by atoms with Crippen LogP contribution in [0.15, 0.2) is 29.2 Å². The van der Waals surface area contributed by atoms with Crippen LogP contribution >= 0.6 is 0 Å². The van der Waals surface area contributed by atoms with Gasteiger partial charge in [-0.25, -0.2) is 0 Å². The van der Waals surface area contributed by atoms with Crippen LogP contribution in [0.25, 0.3) is 0 Å². The quantitative estimate of drug-likeness (QED) is 0.761.